The van der Waals surface area contributed by atoms with E-state index >= 15 is 0 Å². The average Bonchev–Trinajstić information content (AvgIpc) is 3.48. The highest BCUT2D eigenvalue weighted by atomic mass is 32.1. The Morgan fingerprint density at radius 2 is 1.97 bits per heavy atom. The average molecular weight is 456 g/mol. The summed E-state index contributed by atoms with van der Waals surface area (Å²) in [6.45, 7) is 1.30. The van der Waals surface area contributed by atoms with Crippen LogP contribution in [-0.4, -0.2) is 49.8 Å². The van der Waals surface area contributed by atoms with Crippen LogP contribution in [0.15, 0.2) is 11.4 Å². The normalized spacial score (nSPS) is 17.6. The van der Waals surface area contributed by atoms with Crippen LogP contribution in [0.1, 0.15) is 41.6 Å². The molecule has 2 aromatic heterocycles. The predicted molar refractivity (Wildman–Crippen MR) is 110 cm³/mol. The minimum absolute atomic E-state index is 0.0511. The molecule has 1 aliphatic heterocycles. The molecule has 0 aromatic carbocycles. The fraction of sp³-hybridized carbons (Fsp3) is 0.550. The van der Waals surface area contributed by atoms with Gasteiger partial charge in [-0.3, -0.25) is 4.79 Å². The van der Waals surface area contributed by atoms with E-state index in [2.05, 4.69) is 15.6 Å². The molecule has 11 heteroatoms. The highest BCUT2D eigenvalue weighted by molar-refractivity contribution is 7.17. The first kappa shape index (κ1) is 21.7. The molecule has 168 valence electrons. The summed E-state index contributed by atoms with van der Waals surface area (Å²) >= 11 is 0.861. The summed E-state index contributed by atoms with van der Waals surface area (Å²) in [5, 5.41) is 6.67. The summed E-state index contributed by atoms with van der Waals surface area (Å²) < 4.78 is 46.2. The molecule has 3 heterocycles. The molecule has 0 unspecified atom stereocenters. The largest absolute Gasteiger partial charge is 0.449 e. The van der Waals surface area contributed by atoms with Gasteiger partial charge in [-0.15, -0.1) is 11.3 Å². The topological polar surface area (TPSA) is 83.6 Å². The van der Waals surface area contributed by atoms with Gasteiger partial charge >= 0.3 is 12.3 Å². The maximum atomic E-state index is 13.7. The first-order chi connectivity index (χ1) is 14.8. The van der Waals surface area contributed by atoms with Gasteiger partial charge in [0.15, 0.2) is 0 Å². The summed E-state index contributed by atoms with van der Waals surface area (Å²) in [7, 11) is 1.42. The van der Waals surface area contributed by atoms with Crippen molar-refractivity contribution in [1.82, 2.24) is 15.6 Å². The second-order valence-corrected chi connectivity index (χ2v) is 8.76. The van der Waals surface area contributed by atoms with Crippen LogP contribution in [-0.2, 0) is 10.9 Å². The number of aromatic nitrogens is 1. The van der Waals surface area contributed by atoms with Gasteiger partial charge in [-0.05, 0) is 37.7 Å². The molecule has 1 saturated carbocycles. The van der Waals surface area contributed by atoms with Crippen LogP contribution in [0.25, 0.3) is 10.2 Å². The van der Waals surface area contributed by atoms with Crippen molar-refractivity contribution < 1.29 is 27.5 Å². The van der Waals surface area contributed by atoms with Crippen molar-refractivity contribution in [3.63, 3.8) is 0 Å². The van der Waals surface area contributed by atoms with Crippen LogP contribution in [0.4, 0.5) is 23.8 Å². The smallest absolute Gasteiger partial charge is 0.417 e. The molecule has 2 aliphatic rings. The summed E-state index contributed by atoms with van der Waals surface area (Å²) in [6, 6.07) is 0.945. The quantitative estimate of drug-likeness (QED) is 0.716. The Bertz CT molecular complexity index is 982. The molecule has 2 N–H and O–H groups in total. The number of ether oxygens (including phenoxy) is 1. The number of hydrogen-bond acceptors (Lipinski definition) is 6. The SMILES string of the molecule is CNC(=O)c1csc2c(C(F)(F)F)cc(N3CCC(NC(=O)OCC4CC4)CC3)nc12. The summed E-state index contributed by atoms with van der Waals surface area (Å²) in [6.07, 6.45) is -1.70. The number of halogens is 3. The Hall–Kier alpha value is -2.56. The number of pyridine rings is 1. The molecular formula is C20H23F3N4O3S. The standard InChI is InChI=1S/C20H23F3N4O3S/c1-24-18(28)13-10-31-17-14(20(21,22)23)8-15(26-16(13)17)27-6-4-12(5-7-27)25-19(29)30-9-11-2-3-11/h8,10-12H,2-7,9H2,1H3,(H,24,28)(H,25,29). The number of rotatable bonds is 5. The van der Waals surface area contributed by atoms with Crippen molar-refractivity contribution in [3.05, 3.63) is 22.6 Å². The second kappa shape index (κ2) is 8.52. The van der Waals surface area contributed by atoms with Crippen LogP contribution in [0, 0.1) is 5.92 Å². The van der Waals surface area contributed by atoms with E-state index < -0.39 is 23.7 Å². The number of carbonyl (C=O) groups excluding carboxylic acids is 2. The minimum atomic E-state index is -4.56. The number of amides is 2. The summed E-state index contributed by atoms with van der Waals surface area (Å²) in [4.78, 5) is 30.1. The Kier molecular flexibility index (Phi) is 5.96. The van der Waals surface area contributed by atoms with E-state index in [0.29, 0.717) is 38.5 Å². The zero-order valence-corrected chi connectivity index (χ0v) is 17.7. The molecule has 0 radical (unpaired) electrons. The molecule has 31 heavy (non-hydrogen) atoms. The number of alkyl carbamates (subject to hydrolysis) is 1. The van der Waals surface area contributed by atoms with Crippen molar-refractivity contribution in [1.29, 1.82) is 0 Å². The maximum Gasteiger partial charge on any atom is 0.417 e. The van der Waals surface area contributed by atoms with Crippen molar-refractivity contribution in [2.24, 2.45) is 5.92 Å². The van der Waals surface area contributed by atoms with E-state index in [9.17, 15) is 22.8 Å². The van der Waals surface area contributed by atoms with E-state index in [-0.39, 0.29) is 27.6 Å². The number of alkyl halides is 3. The van der Waals surface area contributed by atoms with Crippen molar-refractivity contribution in [2.75, 3.05) is 31.6 Å². The Balaban J connectivity index is 1.50. The number of hydrogen-bond donors (Lipinski definition) is 2. The number of carbonyl (C=O) groups is 2. The molecule has 0 bridgehead atoms. The van der Waals surface area contributed by atoms with E-state index in [4.69, 9.17) is 4.74 Å². The molecule has 0 spiro atoms. The Morgan fingerprint density at radius 3 is 2.58 bits per heavy atom. The molecule has 2 aromatic rings. The zero-order valence-electron chi connectivity index (χ0n) is 16.9. The first-order valence-electron chi connectivity index (χ1n) is 10.2. The third kappa shape index (κ3) is 4.86. The third-order valence-corrected chi connectivity index (χ3v) is 6.58. The number of fused-ring (bicyclic) bond motifs is 1. The van der Waals surface area contributed by atoms with Crippen molar-refractivity contribution in [3.8, 4) is 0 Å². The van der Waals surface area contributed by atoms with Gasteiger partial charge in [0.1, 0.15) is 5.82 Å². The van der Waals surface area contributed by atoms with Gasteiger partial charge in [0, 0.05) is 31.6 Å². The first-order valence-corrected chi connectivity index (χ1v) is 11.0. The summed E-state index contributed by atoms with van der Waals surface area (Å²) in [5.74, 6) is 0.183. The second-order valence-electron chi connectivity index (χ2n) is 7.88. The fourth-order valence-corrected chi connectivity index (χ4v) is 4.63. The summed E-state index contributed by atoms with van der Waals surface area (Å²) in [5.41, 5.74) is -0.612. The molecule has 0 atom stereocenters. The molecule has 4 rings (SSSR count). The van der Waals surface area contributed by atoms with E-state index in [1.807, 2.05) is 0 Å². The Labute approximate surface area is 180 Å². The van der Waals surface area contributed by atoms with E-state index in [1.54, 1.807) is 4.90 Å². The maximum absolute atomic E-state index is 13.7. The van der Waals surface area contributed by atoms with E-state index in [0.717, 1.165) is 30.2 Å². The van der Waals surface area contributed by atoms with Gasteiger partial charge in [0.05, 0.1) is 28.0 Å². The lowest BCUT2D eigenvalue weighted by Crippen LogP contribution is -2.45. The third-order valence-electron chi connectivity index (χ3n) is 5.57. The van der Waals surface area contributed by atoms with Crippen LogP contribution < -0.4 is 15.5 Å². The highest BCUT2D eigenvalue weighted by Gasteiger charge is 2.36. The monoisotopic (exact) mass is 456 g/mol. The van der Waals surface area contributed by atoms with Crippen LogP contribution in [0.2, 0.25) is 0 Å². The van der Waals surface area contributed by atoms with Gasteiger partial charge in [0.25, 0.3) is 5.91 Å². The molecule has 7 nitrogen and oxygen atoms in total. The highest BCUT2D eigenvalue weighted by Crippen LogP contribution is 2.40. The lowest BCUT2D eigenvalue weighted by Gasteiger charge is -2.33. The van der Waals surface area contributed by atoms with Crippen molar-refractivity contribution >= 4 is 39.4 Å². The Morgan fingerprint density at radius 1 is 1.26 bits per heavy atom. The number of nitrogens with one attached hydrogen (secondary N) is 2. The van der Waals surface area contributed by atoms with Crippen molar-refractivity contribution in [2.45, 2.75) is 37.9 Å². The fourth-order valence-electron chi connectivity index (χ4n) is 3.60. The minimum Gasteiger partial charge on any atom is -0.449 e. The predicted octanol–water partition coefficient (Wildman–Crippen LogP) is 3.78. The van der Waals surface area contributed by atoms with Crippen LogP contribution in [0.3, 0.4) is 0 Å². The molecule has 1 aliphatic carbocycles. The lowest BCUT2D eigenvalue weighted by molar-refractivity contribution is -0.136. The number of anilines is 1. The van der Waals surface area contributed by atoms with Gasteiger partial charge in [0.2, 0.25) is 0 Å². The van der Waals surface area contributed by atoms with E-state index in [1.165, 1.54) is 12.4 Å². The van der Waals surface area contributed by atoms with Gasteiger partial charge in [-0.25, -0.2) is 9.78 Å². The van der Waals surface area contributed by atoms with Gasteiger partial charge in [-0.1, -0.05) is 0 Å². The van der Waals surface area contributed by atoms with Gasteiger partial charge < -0.3 is 20.3 Å². The lowest BCUT2D eigenvalue weighted by atomic mass is 10.0. The molecule has 2 fully saturated rings. The van der Waals surface area contributed by atoms with Crippen LogP contribution >= 0.6 is 11.3 Å². The molecule has 2 amide bonds. The van der Waals surface area contributed by atoms with Crippen LogP contribution in [0.5, 0.6) is 0 Å². The number of piperidine rings is 1. The zero-order chi connectivity index (χ0) is 22.2. The number of thiophene rings is 1. The number of nitrogens with zero attached hydrogens (tertiary/aromatic N) is 2. The molecular weight excluding hydrogens is 433 g/mol. The van der Waals surface area contributed by atoms with Gasteiger partial charge in [-0.2, -0.15) is 13.2 Å². The molecule has 1 saturated heterocycles.